The van der Waals surface area contributed by atoms with Gasteiger partial charge in [-0.25, -0.2) is 14.8 Å². The predicted molar refractivity (Wildman–Crippen MR) is 118 cm³/mol. The molecule has 2 aromatic rings. The molecule has 0 spiro atoms. The Morgan fingerprint density at radius 2 is 1.94 bits per heavy atom. The number of rotatable bonds is 6. The first kappa shape index (κ1) is 24.2. The van der Waals surface area contributed by atoms with Gasteiger partial charge < -0.3 is 20.6 Å². The maximum Gasteiger partial charge on any atom is 0.405 e. The largest absolute Gasteiger partial charge is 0.405 e. The number of pyridine rings is 2. The zero-order chi connectivity index (χ0) is 25.2. The van der Waals surface area contributed by atoms with E-state index in [1.54, 1.807) is 11.4 Å². The van der Waals surface area contributed by atoms with Crippen molar-refractivity contribution >= 4 is 35.2 Å². The first-order valence-electron chi connectivity index (χ1n) is 10.7. The van der Waals surface area contributed by atoms with Crippen LogP contribution in [0.15, 0.2) is 30.5 Å². The van der Waals surface area contributed by atoms with Gasteiger partial charge in [-0.05, 0) is 30.7 Å². The Morgan fingerprint density at radius 1 is 1.14 bits per heavy atom. The normalized spacial score (nSPS) is 16.5. The number of hydrogen-bond donors (Lipinski definition) is 4. The number of carbonyl (C=O) groups excluding carboxylic acids is 3. The molecule has 11 nitrogen and oxygen atoms in total. The minimum absolute atomic E-state index is 0.0656. The number of aromatic nitrogens is 2. The lowest BCUT2D eigenvalue weighted by Crippen LogP contribution is -2.48. The zero-order valence-corrected chi connectivity index (χ0v) is 18.3. The highest BCUT2D eigenvalue weighted by Gasteiger charge is 2.40. The summed E-state index contributed by atoms with van der Waals surface area (Å²) in [4.78, 5) is 49.2. The van der Waals surface area contributed by atoms with Gasteiger partial charge in [0.1, 0.15) is 18.1 Å². The Kier molecular flexibility index (Phi) is 6.73. The highest BCUT2D eigenvalue weighted by molar-refractivity contribution is 6.05. The fourth-order valence-corrected chi connectivity index (χ4v) is 3.95. The van der Waals surface area contributed by atoms with Gasteiger partial charge in [0, 0.05) is 31.4 Å². The summed E-state index contributed by atoms with van der Waals surface area (Å²) in [5.41, 5.74) is 0.539. The van der Waals surface area contributed by atoms with Gasteiger partial charge in [0.05, 0.1) is 18.3 Å². The maximum absolute atomic E-state index is 13.2. The number of fused-ring (bicyclic) bond motifs is 4. The molecule has 2 bridgehead atoms. The van der Waals surface area contributed by atoms with Crippen LogP contribution in [0.5, 0.6) is 0 Å². The quantitative estimate of drug-likeness (QED) is 0.473. The van der Waals surface area contributed by atoms with E-state index in [1.165, 1.54) is 29.3 Å². The molecule has 0 radical (unpaired) electrons. The first-order chi connectivity index (χ1) is 16.7. The third-order valence-electron chi connectivity index (χ3n) is 5.51. The highest BCUT2D eigenvalue weighted by atomic mass is 19.4. The molecule has 0 aromatic carbocycles. The smallest absolute Gasteiger partial charge is 0.395 e. The molecule has 4 N–H and O–H groups in total. The highest BCUT2D eigenvalue weighted by Crippen LogP contribution is 2.39. The molecule has 1 fully saturated rings. The van der Waals surface area contributed by atoms with Crippen molar-refractivity contribution < 1.29 is 32.7 Å². The van der Waals surface area contributed by atoms with Gasteiger partial charge in [0.2, 0.25) is 0 Å². The SMILES string of the molecule is O=C(NCCO)c1ccnc(NC(=O)N2c3nc(C(=O)NCC(F)(F)F)ccc3N3CCC2C3)c1. The molecule has 4 rings (SSSR count). The first-order valence-corrected chi connectivity index (χ1v) is 10.7. The standard InChI is InChI=1S/C21H22F3N7O4/c22-21(23,24)11-27-19(34)14-1-2-15-17(28-14)31(13-4-7-30(15)10-13)20(35)29-16-9-12(3-5-25-16)18(33)26-6-8-32/h1-3,5,9,13,32H,4,6-8,10-11H2,(H,26,33)(H,27,34)(H,25,29,35). The predicted octanol–water partition coefficient (Wildman–Crippen LogP) is 1.12. The summed E-state index contributed by atoms with van der Waals surface area (Å²) in [6, 6.07) is 4.79. The fraction of sp³-hybridized carbons (Fsp3) is 0.381. The molecule has 0 aliphatic carbocycles. The van der Waals surface area contributed by atoms with Crippen molar-refractivity contribution in [3.8, 4) is 0 Å². The number of alkyl halides is 3. The lowest BCUT2D eigenvalue weighted by molar-refractivity contribution is -0.123. The molecule has 2 aliphatic rings. The maximum atomic E-state index is 13.2. The van der Waals surface area contributed by atoms with Crippen molar-refractivity contribution in [2.45, 2.75) is 18.6 Å². The summed E-state index contributed by atoms with van der Waals surface area (Å²) >= 11 is 0. The van der Waals surface area contributed by atoms with E-state index in [2.05, 4.69) is 20.6 Å². The molecule has 4 amide bonds. The molecule has 1 unspecified atom stereocenters. The fourth-order valence-electron chi connectivity index (χ4n) is 3.95. The number of anilines is 3. The minimum Gasteiger partial charge on any atom is -0.395 e. The molecule has 186 valence electrons. The van der Waals surface area contributed by atoms with Crippen molar-refractivity contribution in [1.82, 2.24) is 20.6 Å². The number of halogens is 3. The van der Waals surface area contributed by atoms with Crippen LogP contribution >= 0.6 is 0 Å². The molecule has 1 atom stereocenters. The average Bonchev–Trinajstić information content (AvgIpc) is 3.24. The monoisotopic (exact) mass is 493 g/mol. The van der Waals surface area contributed by atoms with E-state index in [-0.39, 0.29) is 42.1 Å². The average molecular weight is 493 g/mol. The van der Waals surface area contributed by atoms with Crippen LogP contribution in [-0.2, 0) is 0 Å². The van der Waals surface area contributed by atoms with Crippen LogP contribution in [0.3, 0.4) is 0 Å². The van der Waals surface area contributed by atoms with Crippen molar-refractivity contribution in [2.24, 2.45) is 0 Å². The van der Waals surface area contributed by atoms with Gasteiger partial charge in [-0.2, -0.15) is 13.2 Å². The Labute approximate surface area is 197 Å². The van der Waals surface area contributed by atoms with Gasteiger partial charge in [-0.3, -0.25) is 19.8 Å². The van der Waals surface area contributed by atoms with E-state index in [4.69, 9.17) is 5.11 Å². The lowest BCUT2D eigenvalue weighted by Gasteiger charge is -2.35. The number of nitrogens with one attached hydrogen (secondary N) is 3. The van der Waals surface area contributed by atoms with Crippen molar-refractivity contribution in [3.05, 3.63) is 41.7 Å². The summed E-state index contributed by atoms with van der Waals surface area (Å²) in [5, 5.41) is 15.8. The van der Waals surface area contributed by atoms with Gasteiger partial charge >= 0.3 is 12.2 Å². The third kappa shape index (κ3) is 5.42. The second kappa shape index (κ2) is 9.74. The number of urea groups is 1. The summed E-state index contributed by atoms with van der Waals surface area (Å²) in [7, 11) is 0. The zero-order valence-electron chi connectivity index (χ0n) is 18.3. The van der Waals surface area contributed by atoms with Crippen LogP contribution in [0.2, 0.25) is 0 Å². The van der Waals surface area contributed by atoms with Crippen LogP contribution in [-0.4, -0.2) is 77.9 Å². The molecule has 0 saturated carbocycles. The minimum atomic E-state index is -4.57. The Hall–Kier alpha value is -3.94. The van der Waals surface area contributed by atoms with Crippen LogP contribution in [0.1, 0.15) is 27.3 Å². The Balaban J connectivity index is 1.56. The van der Waals surface area contributed by atoms with Crippen molar-refractivity contribution in [3.63, 3.8) is 0 Å². The summed E-state index contributed by atoms with van der Waals surface area (Å²) in [5.74, 6) is -1.23. The molecule has 4 heterocycles. The molecular weight excluding hydrogens is 471 g/mol. The van der Waals surface area contributed by atoms with E-state index in [1.807, 2.05) is 4.90 Å². The number of carbonyl (C=O) groups is 3. The second-order valence-corrected chi connectivity index (χ2v) is 7.94. The molecular formula is C21H22F3N7O4. The van der Waals surface area contributed by atoms with Crippen LogP contribution < -0.4 is 25.8 Å². The van der Waals surface area contributed by atoms with E-state index < -0.39 is 30.6 Å². The molecule has 2 aliphatic heterocycles. The van der Waals surface area contributed by atoms with Gasteiger partial charge in [-0.15, -0.1) is 0 Å². The van der Waals surface area contributed by atoms with Crippen LogP contribution in [0, 0.1) is 0 Å². The second-order valence-electron chi connectivity index (χ2n) is 7.94. The van der Waals surface area contributed by atoms with Crippen molar-refractivity contribution in [2.75, 3.05) is 47.9 Å². The molecule has 1 saturated heterocycles. The third-order valence-corrected chi connectivity index (χ3v) is 5.51. The van der Waals surface area contributed by atoms with Gasteiger partial charge in [0.25, 0.3) is 11.8 Å². The van der Waals surface area contributed by atoms with E-state index >= 15 is 0 Å². The Bertz CT molecular complexity index is 1140. The molecule has 2 aromatic heterocycles. The summed E-state index contributed by atoms with van der Waals surface area (Å²) in [6.45, 7) is -0.496. The number of hydrogen-bond acceptors (Lipinski definition) is 7. The Morgan fingerprint density at radius 3 is 2.69 bits per heavy atom. The van der Waals surface area contributed by atoms with E-state index in [0.29, 0.717) is 25.2 Å². The van der Waals surface area contributed by atoms with E-state index in [0.717, 1.165) is 0 Å². The van der Waals surface area contributed by atoms with Crippen molar-refractivity contribution in [1.29, 1.82) is 0 Å². The molecule has 14 heteroatoms. The number of amides is 4. The van der Waals surface area contributed by atoms with E-state index in [9.17, 15) is 27.6 Å². The molecule has 35 heavy (non-hydrogen) atoms. The van der Waals surface area contributed by atoms with Gasteiger partial charge in [-0.1, -0.05) is 0 Å². The van der Waals surface area contributed by atoms with Crippen LogP contribution in [0.25, 0.3) is 0 Å². The number of nitrogens with zero attached hydrogens (tertiary/aromatic N) is 4. The number of aliphatic hydroxyl groups is 1. The van der Waals surface area contributed by atoms with Crippen LogP contribution in [0.4, 0.5) is 35.3 Å². The topological polar surface area (TPSA) is 140 Å². The van der Waals surface area contributed by atoms with Gasteiger partial charge in [0.15, 0.2) is 5.82 Å². The number of aliphatic hydroxyl groups excluding tert-OH is 1. The summed E-state index contributed by atoms with van der Waals surface area (Å²) < 4.78 is 37.5. The summed E-state index contributed by atoms with van der Waals surface area (Å²) in [6.07, 6.45) is -2.61. The lowest BCUT2D eigenvalue weighted by atomic mass is 10.1.